The predicted octanol–water partition coefficient (Wildman–Crippen LogP) is 21.6. The summed E-state index contributed by atoms with van der Waals surface area (Å²) >= 11 is 16.1. The van der Waals surface area contributed by atoms with E-state index in [4.69, 9.17) is 0 Å². The molecular weight excluding hydrogens is 1280 g/mol. The van der Waals surface area contributed by atoms with Crippen LogP contribution in [0.2, 0.25) is 0 Å². The van der Waals surface area contributed by atoms with E-state index in [2.05, 4.69) is 366 Å². The molecule has 0 saturated carbocycles. The van der Waals surface area contributed by atoms with E-state index in [1.165, 1.54) is 94.8 Å². The summed E-state index contributed by atoms with van der Waals surface area (Å²) in [5.41, 5.74) is 23.5. The van der Waals surface area contributed by atoms with E-state index in [0.717, 1.165) is 47.1 Å². The predicted molar refractivity (Wildman–Crippen MR) is 359 cm³/mol. The quantitative estimate of drug-likeness (QED) is 0.164. The Kier molecular flexibility index (Phi) is 12.1. The van der Waals surface area contributed by atoms with Gasteiger partial charge in [0.15, 0.2) is 0 Å². The highest BCUT2D eigenvalue weighted by Gasteiger charge is 2.58. The van der Waals surface area contributed by atoms with E-state index in [0.29, 0.717) is 0 Å². The Morgan fingerprint density at radius 3 is 0.881 bits per heavy atom. The van der Waals surface area contributed by atoms with Crippen LogP contribution in [0.5, 0.6) is 0 Å². The fraction of sp³-hybridized carbons (Fsp3) is 0.0769. The normalized spacial score (nSPS) is 16.7. The molecule has 402 valence electrons. The summed E-state index contributed by atoms with van der Waals surface area (Å²) in [6, 6.07) is 107. The average molecular weight is 1340 g/mol. The monoisotopic (exact) mass is 1330 g/mol. The van der Waals surface area contributed by atoms with Crippen molar-refractivity contribution in [3.63, 3.8) is 0 Å². The molecule has 0 saturated heterocycles. The molecule has 84 heavy (non-hydrogen) atoms. The van der Waals surface area contributed by atoms with E-state index in [9.17, 15) is 0 Å². The van der Waals surface area contributed by atoms with Crippen molar-refractivity contribution in [1.82, 2.24) is 0 Å². The maximum absolute atomic E-state index is 4.06. The first-order valence-electron chi connectivity index (χ1n) is 28.6. The number of benzene rings is 12. The molecule has 2 aliphatic heterocycles. The minimum Gasteiger partial charge on any atom is -0.310 e. The van der Waals surface area contributed by atoms with Crippen LogP contribution >= 0.6 is 63.7 Å². The van der Waals surface area contributed by atoms with Crippen molar-refractivity contribution in [2.75, 3.05) is 9.80 Å². The molecule has 6 heteroatoms. The smallest absolute Gasteiger partial charge is 0.0749 e. The van der Waals surface area contributed by atoms with Gasteiger partial charge in [0.05, 0.1) is 39.0 Å². The molecule has 2 spiro atoms. The standard InChI is InChI=1S/C78H52Br4N2/c1-75(59-25-11-13-27-61(59)77(62-28-14-12-26-60(62)75)67-45-53(79)35-41-71(67)83(57-23-9-4-10-24-57)72-42-36-54(80)46-68(72)77)49-50-33-39-58(40-34-50)84-73-43-37-55(81)47-69(73)78(70-48-56(82)38-44-74(70)84)65-31-17-15-29-63(65)76(51-19-5-2-6-20-51,52-21-7-3-8-22-52)64-30-16-18-32-66(64)78/h2-48H,49H2,1H3. The fourth-order valence-electron chi connectivity index (χ4n) is 15.8. The van der Waals surface area contributed by atoms with Gasteiger partial charge in [-0.05, 0) is 187 Å². The van der Waals surface area contributed by atoms with Gasteiger partial charge in [-0.2, -0.15) is 0 Å². The van der Waals surface area contributed by atoms with E-state index in [1.54, 1.807) is 0 Å². The lowest BCUT2D eigenvalue weighted by atomic mass is 9.50. The van der Waals surface area contributed by atoms with Crippen molar-refractivity contribution in [2.24, 2.45) is 0 Å². The van der Waals surface area contributed by atoms with Crippen LogP contribution in [0.25, 0.3) is 0 Å². The van der Waals surface area contributed by atoms with E-state index in [-0.39, 0.29) is 0 Å². The highest BCUT2D eigenvalue weighted by atomic mass is 79.9. The number of rotatable bonds is 6. The highest BCUT2D eigenvalue weighted by molar-refractivity contribution is 9.11. The third-order valence-corrected chi connectivity index (χ3v) is 20.9. The molecule has 0 amide bonds. The Morgan fingerprint density at radius 1 is 0.262 bits per heavy atom. The number of nitrogens with zero attached hydrogens (tertiary/aromatic N) is 2. The van der Waals surface area contributed by atoms with Gasteiger partial charge in [0, 0.05) is 34.7 Å². The summed E-state index contributed by atoms with van der Waals surface area (Å²) in [7, 11) is 0. The number of fused-ring (bicyclic) bond motifs is 16. The van der Waals surface area contributed by atoms with Crippen molar-refractivity contribution >= 4 is 97.8 Å². The van der Waals surface area contributed by atoms with Crippen LogP contribution in [0, 0.1) is 0 Å². The molecule has 0 bridgehead atoms. The number of hydrogen-bond acceptors (Lipinski definition) is 2. The number of halogens is 4. The minimum atomic E-state index is -0.714. The molecule has 0 radical (unpaired) electrons. The first-order valence-corrected chi connectivity index (χ1v) is 31.8. The zero-order valence-corrected chi connectivity index (χ0v) is 52.1. The van der Waals surface area contributed by atoms with Crippen molar-refractivity contribution in [3.8, 4) is 0 Å². The molecule has 2 heterocycles. The van der Waals surface area contributed by atoms with Crippen molar-refractivity contribution in [3.05, 3.63) is 386 Å². The van der Waals surface area contributed by atoms with Gasteiger partial charge < -0.3 is 9.80 Å². The summed E-state index contributed by atoms with van der Waals surface area (Å²) in [6.45, 7) is 2.48. The Hall–Kier alpha value is -7.84. The Balaban J connectivity index is 0.858. The lowest BCUT2D eigenvalue weighted by Gasteiger charge is -2.54. The summed E-state index contributed by atoms with van der Waals surface area (Å²) in [5, 5.41) is 0. The molecule has 2 aliphatic carbocycles. The Morgan fingerprint density at radius 2 is 0.536 bits per heavy atom. The number of para-hydroxylation sites is 1. The lowest BCUT2D eigenvalue weighted by molar-refractivity contribution is 0.510. The second kappa shape index (κ2) is 19.6. The molecule has 16 rings (SSSR count). The van der Waals surface area contributed by atoms with Gasteiger partial charge in [0.25, 0.3) is 0 Å². The Labute approximate surface area is 524 Å². The molecular formula is C78H52Br4N2. The van der Waals surface area contributed by atoms with Crippen LogP contribution in [0.4, 0.5) is 34.1 Å². The highest BCUT2D eigenvalue weighted by Crippen LogP contribution is 2.67. The van der Waals surface area contributed by atoms with E-state index in [1.807, 2.05) is 0 Å². The molecule has 0 N–H and O–H groups in total. The van der Waals surface area contributed by atoms with Crippen LogP contribution in [0.15, 0.2) is 303 Å². The van der Waals surface area contributed by atoms with Gasteiger partial charge in [-0.1, -0.05) is 259 Å². The van der Waals surface area contributed by atoms with Crippen LogP contribution in [-0.2, 0) is 28.1 Å². The molecule has 0 fully saturated rings. The summed E-state index contributed by atoms with van der Waals surface area (Å²) < 4.78 is 4.16. The van der Waals surface area contributed by atoms with Crippen molar-refractivity contribution in [2.45, 2.75) is 35.0 Å². The fourth-order valence-corrected chi connectivity index (χ4v) is 17.3. The number of hydrogen-bond donors (Lipinski definition) is 0. The van der Waals surface area contributed by atoms with Gasteiger partial charge in [-0.25, -0.2) is 0 Å². The van der Waals surface area contributed by atoms with Crippen LogP contribution < -0.4 is 9.80 Å². The average Bonchev–Trinajstić information content (AvgIpc) is 0.688. The second-order valence-corrected chi connectivity index (χ2v) is 26.7. The maximum Gasteiger partial charge on any atom is 0.0749 e. The largest absolute Gasteiger partial charge is 0.310 e. The lowest BCUT2D eigenvalue weighted by Crippen LogP contribution is -2.47. The van der Waals surface area contributed by atoms with Gasteiger partial charge in [0.2, 0.25) is 0 Å². The van der Waals surface area contributed by atoms with Crippen LogP contribution in [0.3, 0.4) is 0 Å². The minimum absolute atomic E-state index is 0.402. The summed E-state index contributed by atoms with van der Waals surface area (Å²) in [5.74, 6) is 0. The third kappa shape index (κ3) is 7.18. The summed E-state index contributed by atoms with van der Waals surface area (Å²) in [6.07, 6.45) is 0.790. The molecule has 2 nitrogen and oxygen atoms in total. The molecule has 12 aromatic carbocycles. The SMILES string of the molecule is CC1(Cc2ccc(N3c4ccc(Br)cc4C4(c5cc(Br)ccc53)c3ccccc3C(c3ccccc3)(c3ccccc3)c3ccccc34)cc2)c2ccccc2C2(c3cc(Br)ccc3N(c3ccccc3)c3ccc(Br)cc32)c2ccccc21. The molecule has 0 atom stereocenters. The topological polar surface area (TPSA) is 6.48 Å². The number of anilines is 6. The third-order valence-electron chi connectivity index (χ3n) is 18.9. The van der Waals surface area contributed by atoms with Crippen LogP contribution in [0.1, 0.15) is 90.4 Å². The van der Waals surface area contributed by atoms with Crippen LogP contribution in [-0.4, -0.2) is 0 Å². The second-order valence-electron chi connectivity index (χ2n) is 23.0. The van der Waals surface area contributed by atoms with Gasteiger partial charge in [0.1, 0.15) is 0 Å². The summed E-state index contributed by atoms with van der Waals surface area (Å²) in [4.78, 5) is 4.95. The van der Waals surface area contributed by atoms with E-state index < -0.39 is 21.7 Å². The molecule has 0 aromatic heterocycles. The maximum atomic E-state index is 4.06. The molecule has 4 aliphatic rings. The van der Waals surface area contributed by atoms with Gasteiger partial charge in [-0.3, -0.25) is 0 Å². The zero-order valence-electron chi connectivity index (χ0n) is 45.7. The zero-order chi connectivity index (χ0) is 56.5. The van der Waals surface area contributed by atoms with Crippen molar-refractivity contribution in [1.29, 1.82) is 0 Å². The van der Waals surface area contributed by atoms with Crippen molar-refractivity contribution < 1.29 is 0 Å². The van der Waals surface area contributed by atoms with Gasteiger partial charge in [-0.15, -0.1) is 0 Å². The Bertz CT molecular complexity index is 4370. The first kappa shape index (κ1) is 51.8. The molecule has 0 unspecified atom stereocenters. The van der Waals surface area contributed by atoms with E-state index >= 15 is 0 Å². The van der Waals surface area contributed by atoms with Gasteiger partial charge >= 0.3 is 0 Å². The first-order chi connectivity index (χ1) is 41.2. The molecule has 12 aromatic rings.